The molecule has 0 radical (unpaired) electrons. The number of fused-ring (bicyclic) bond motifs is 2. The molecule has 28 heavy (non-hydrogen) atoms. The maximum Gasteiger partial charge on any atom is 0.191 e. The second-order valence-corrected chi connectivity index (χ2v) is 9.76. The first-order chi connectivity index (χ1) is 13.8. The number of aliphatic imine (C=N–C) groups is 1. The van der Waals surface area contributed by atoms with Crippen molar-refractivity contribution < 1.29 is 9.47 Å². The fourth-order valence-corrected chi connectivity index (χ4v) is 6.90. The molecule has 5 aliphatic rings. The van der Waals surface area contributed by atoms with Crippen molar-refractivity contribution in [1.82, 2.24) is 15.5 Å². The highest BCUT2D eigenvalue weighted by Crippen LogP contribution is 2.62. The third kappa shape index (κ3) is 3.07. The minimum atomic E-state index is 0.270. The molecule has 3 atom stereocenters. The summed E-state index contributed by atoms with van der Waals surface area (Å²) in [6.45, 7) is 5.84. The molecule has 158 valence electrons. The normalized spacial score (nSPS) is 37.0. The Morgan fingerprint density at radius 1 is 1.04 bits per heavy atom. The molecule has 0 aromatic carbocycles. The molecule has 0 amide bonds. The molecule has 0 aromatic rings. The number of hydrogen-bond donors (Lipinski definition) is 2. The molecular formula is C22H38N4O2. The average Bonchev–Trinajstić information content (AvgIpc) is 3.13. The third-order valence-corrected chi connectivity index (χ3v) is 8.60. The Morgan fingerprint density at radius 2 is 1.82 bits per heavy atom. The fourth-order valence-electron chi connectivity index (χ4n) is 6.90. The van der Waals surface area contributed by atoms with Gasteiger partial charge < -0.3 is 20.1 Å². The standard InChI is InChI=1S/C22H38N4O2/c1-23-20(25-18-17-6-13-28-19(17)22(18)9-5-10-22)24-16-21(7-3-2-4-8-21)26-11-14-27-15-12-26/h17-19H,2-16H2,1H3,(H2,23,24,25). The first-order valence-corrected chi connectivity index (χ1v) is 11.7. The van der Waals surface area contributed by atoms with Crippen molar-refractivity contribution in [3.63, 3.8) is 0 Å². The highest BCUT2D eigenvalue weighted by atomic mass is 16.5. The topological polar surface area (TPSA) is 58.1 Å². The maximum atomic E-state index is 6.09. The third-order valence-electron chi connectivity index (χ3n) is 8.60. The van der Waals surface area contributed by atoms with Gasteiger partial charge >= 0.3 is 0 Å². The Kier molecular flexibility index (Phi) is 5.31. The molecule has 3 saturated carbocycles. The van der Waals surface area contributed by atoms with E-state index in [4.69, 9.17) is 9.47 Å². The Balaban J connectivity index is 1.23. The average molecular weight is 391 g/mol. The van der Waals surface area contributed by atoms with Crippen molar-refractivity contribution in [2.45, 2.75) is 75.5 Å². The van der Waals surface area contributed by atoms with E-state index in [0.717, 1.165) is 45.4 Å². The SMILES string of the molecule is CN=C(NCC1(N2CCOCC2)CCCCC1)NC1C2CCOC2C12CCC2. The Labute approximate surface area is 169 Å². The Bertz CT molecular complexity index is 579. The summed E-state index contributed by atoms with van der Waals surface area (Å²) in [6.07, 6.45) is 12.4. The second-order valence-electron chi connectivity index (χ2n) is 9.76. The van der Waals surface area contributed by atoms with Gasteiger partial charge in [-0.05, 0) is 32.1 Å². The van der Waals surface area contributed by atoms with Gasteiger partial charge in [-0.2, -0.15) is 0 Å². The summed E-state index contributed by atoms with van der Waals surface area (Å²) in [5.41, 5.74) is 0.665. The monoisotopic (exact) mass is 390 g/mol. The van der Waals surface area contributed by atoms with Gasteiger partial charge in [0.15, 0.2) is 5.96 Å². The molecule has 2 saturated heterocycles. The number of hydrogen-bond acceptors (Lipinski definition) is 4. The van der Waals surface area contributed by atoms with Crippen molar-refractivity contribution in [3.8, 4) is 0 Å². The highest BCUT2D eigenvalue weighted by molar-refractivity contribution is 5.80. The molecule has 5 fully saturated rings. The van der Waals surface area contributed by atoms with Gasteiger partial charge in [-0.1, -0.05) is 25.7 Å². The number of nitrogens with one attached hydrogen (secondary N) is 2. The van der Waals surface area contributed by atoms with Gasteiger partial charge in [0.2, 0.25) is 0 Å². The Morgan fingerprint density at radius 3 is 2.50 bits per heavy atom. The lowest BCUT2D eigenvalue weighted by molar-refractivity contribution is -0.171. The predicted molar refractivity (Wildman–Crippen MR) is 111 cm³/mol. The largest absolute Gasteiger partial charge is 0.379 e. The summed E-state index contributed by atoms with van der Waals surface area (Å²) < 4.78 is 11.7. The van der Waals surface area contributed by atoms with E-state index in [1.807, 2.05) is 7.05 Å². The molecule has 2 aliphatic heterocycles. The van der Waals surface area contributed by atoms with Gasteiger partial charge in [0, 0.05) is 56.2 Å². The molecule has 2 heterocycles. The second kappa shape index (κ2) is 7.77. The van der Waals surface area contributed by atoms with Crippen LogP contribution in [0.15, 0.2) is 4.99 Å². The predicted octanol–water partition coefficient (Wildman–Crippen LogP) is 2.14. The van der Waals surface area contributed by atoms with E-state index in [2.05, 4.69) is 20.5 Å². The van der Waals surface area contributed by atoms with Crippen LogP contribution < -0.4 is 10.6 Å². The molecule has 0 aromatic heterocycles. The highest BCUT2D eigenvalue weighted by Gasteiger charge is 2.66. The van der Waals surface area contributed by atoms with E-state index in [1.165, 1.54) is 57.8 Å². The van der Waals surface area contributed by atoms with Crippen LogP contribution in [0.3, 0.4) is 0 Å². The molecule has 3 unspecified atom stereocenters. The van der Waals surface area contributed by atoms with Gasteiger partial charge in [-0.15, -0.1) is 0 Å². The lowest BCUT2D eigenvalue weighted by Crippen LogP contribution is -2.73. The van der Waals surface area contributed by atoms with Crippen LogP contribution in [-0.2, 0) is 9.47 Å². The number of guanidine groups is 1. The van der Waals surface area contributed by atoms with Crippen molar-refractivity contribution in [2.24, 2.45) is 16.3 Å². The molecule has 2 N–H and O–H groups in total. The number of ether oxygens (including phenoxy) is 2. The van der Waals surface area contributed by atoms with E-state index < -0.39 is 0 Å². The zero-order valence-corrected chi connectivity index (χ0v) is 17.5. The van der Waals surface area contributed by atoms with E-state index in [-0.39, 0.29) is 5.54 Å². The molecule has 6 nitrogen and oxygen atoms in total. The summed E-state index contributed by atoms with van der Waals surface area (Å²) in [5.74, 6) is 1.68. The zero-order chi connectivity index (χ0) is 19.0. The summed E-state index contributed by atoms with van der Waals surface area (Å²) >= 11 is 0. The van der Waals surface area contributed by atoms with Gasteiger partial charge in [0.25, 0.3) is 0 Å². The van der Waals surface area contributed by atoms with E-state index in [0.29, 0.717) is 23.5 Å². The summed E-state index contributed by atoms with van der Waals surface area (Å²) in [6, 6.07) is 0.547. The minimum absolute atomic E-state index is 0.270. The van der Waals surface area contributed by atoms with Crippen molar-refractivity contribution in [2.75, 3.05) is 46.5 Å². The van der Waals surface area contributed by atoms with Gasteiger partial charge in [0.1, 0.15) is 0 Å². The number of morpholine rings is 1. The summed E-state index contributed by atoms with van der Waals surface area (Å²) in [5, 5.41) is 7.60. The number of rotatable bonds is 4. The van der Waals surface area contributed by atoms with Crippen molar-refractivity contribution >= 4 is 5.96 Å². The zero-order valence-electron chi connectivity index (χ0n) is 17.5. The minimum Gasteiger partial charge on any atom is -0.379 e. The van der Waals surface area contributed by atoms with Crippen LogP contribution in [0.5, 0.6) is 0 Å². The lowest BCUT2D eigenvalue weighted by atomic mass is 9.46. The van der Waals surface area contributed by atoms with Crippen molar-refractivity contribution in [1.29, 1.82) is 0 Å². The van der Waals surface area contributed by atoms with Gasteiger partial charge in [-0.3, -0.25) is 9.89 Å². The van der Waals surface area contributed by atoms with E-state index in [9.17, 15) is 0 Å². The smallest absolute Gasteiger partial charge is 0.191 e. The van der Waals surface area contributed by atoms with Gasteiger partial charge in [0.05, 0.1) is 19.3 Å². The first kappa shape index (κ1) is 19.1. The molecule has 0 bridgehead atoms. The molecule has 5 rings (SSSR count). The van der Waals surface area contributed by atoms with Gasteiger partial charge in [-0.25, -0.2) is 0 Å². The van der Waals surface area contributed by atoms with Crippen LogP contribution in [0.25, 0.3) is 0 Å². The van der Waals surface area contributed by atoms with Crippen LogP contribution in [0.2, 0.25) is 0 Å². The maximum absolute atomic E-state index is 6.09. The fraction of sp³-hybridized carbons (Fsp3) is 0.955. The summed E-state index contributed by atoms with van der Waals surface area (Å²) in [4.78, 5) is 7.32. The molecule has 3 aliphatic carbocycles. The van der Waals surface area contributed by atoms with Crippen LogP contribution in [0, 0.1) is 11.3 Å². The Hall–Kier alpha value is -0.850. The molecule has 1 spiro atoms. The molecular weight excluding hydrogens is 352 g/mol. The lowest BCUT2D eigenvalue weighted by Gasteiger charge is -2.63. The number of nitrogens with zero attached hydrogens (tertiary/aromatic N) is 2. The molecule has 6 heteroatoms. The first-order valence-electron chi connectivity index (χ1n) is 11.7. The van der Waals surface area contributed by atoms with E-state index in [1.54, 1.807) is 0 Å². The van der Waals surface area contributed by atoms with Crippen LogP contribution >= 0.6 is 0 Å². The van der Waals surface area contributed by atoms with Crippen molar-refractivity contribution in [3.05, 3.63) is 0 Å². The van der Waals surface area contributed by atoms with Crippen LogP contribution in [0.4, 0.5) is 0 Å². The van der Waals surface area contributed by atoms with Crippen LogP contribution in [-0.4, -0.2) is 75.0 Å². The van der Waals surface area contributed by atoms with Crippen LogP contribution in [0.1, 0.15) is 57.8 Å². The van der Waals surface area contributed by atoms with E-state index >= 15 is 0 Å². The summed E-state index contributed by atoms with van der Waals surface area (Å²) in [7, 11) is 1.92. The quantitative estimate of drug-likeness (QED) is 0.569.